The lowest BCUT2D eigenvalue weighted by Gasteiger charge is -2.26. The van der Waals surface area contributed by atoms with Crippen LogP contribution < -0.4 is 0 Å². The van der Waals surface area contributed by atoms with Gasteiger partial charge in [0.25, 0.3) is 0 Å². The Morgan fingerprint density at radius 1 is 1.23 bits per heavy atom. The van der Waals surface area contributed by atoms with Gasteiger partial charge in [-0.15, -0.1) is 10.2 Å². The van der Waals surface area contributed by atoms with E-state index >= 15 is 0 Å². The molecule has 1 amide bonds. The summed E-state index contributed by atoms with van der Waals surface area (Å²) < 4.78 is 12.5. The number of methoxy groups -OCH3 is 1. The first-order valence-corrected chi connectivity index (χ1v) is 7.75. The molecule has 0 aliphatic carbocycles. The highest BCUT2D eigenvalue weighted by Crippen LogP contribution is 2.14. The molecule has 0 atom stereocenters. The van der Waals surface area contributed by atoms with Crippen LogP contribution in [0.5, 0.6) is 0 Å². The van der Waals surface area contributed by atoms with Crippen LogP contribution in [0.1, 0.15) is 18.1 Å². The van der Waals surface area contributed by atoms with E-state index in [9.17, 15) is 4.79 Å². The first-order chi connectivity index (χ1) is 10.8. The van der Waals surface area contributed by atoms with Crippen molar-refractivity contribution in [1.29, 1.82) is 0 Å². The highest BCUT2D eigenvalue weighted by atomic mass is 16.5. The fourth-order valence-electron chi connectivity index (χ4n) is 2.92. The molecule has 22 heavy (non-hydrogen) atoms. The van der Waals surface area contributed by atoms with E-state index in [1.54, 1.807) is 12.0 Å². The van der Waals surface area contributed by atoms with E-state index in [-0.39, 0.29) is 12.5 Å². The standard InChI is InChI=1S/C14H23N5O3/c1-21-11-14(20)18-3-2-4-19-12(15-16-13(19)10-18)9-17-5-7-22-8-6-17/h2-11H2,1H3. The zero-order valence-electron chi connectivity index (χ0n) is 13.0. The Morgan fingerprint density at radius 2 is 2.05 bits per heavy atom. The minimum atomic E-state index is 0.00804. The van der Waals surface area contributed by atoms with Crippen LogP contribution in [0.3, 0.4) is 0 Å². The maximum absolute atomic E-state index is 12.0. The molecule has 0 aromatic carbocycles. The van der Waals surface area contributed by atoms with Crippen molar-refractivity contribution in [1.82, 2.24) is 24.6 Å². The van der Waals surface area contributed by atoms with Crippen LogP contribution in [0.2, 0.25) is 0 Å². The Morgan fingerprint density at radius 3 is 2.82 bits per heavy atom. The van der Waals surface area contributed by atoms with Crippen LogP contribution in [0, 0.1) is 0 Å². The smallest absolute Gasteiger partial charge is 0.248 e. The molecule has 1 fully saturated rings. The van der Waals surface area contributed by atoms with Gasteiger partial charge >= 0.3 is 0 Å². The molecule has 122 valence electrons. The molecule has 8 nitrogen and oxygen atoms in total. The molecule has 1 aromatic rings. The molecule has 2 aliphatic heterocycles. The van der Waals surface area contributed by atoms with Gasteiger partial charge < -0.3 is 18.9 Å². The minimum absolute atomic E-state index is 0.00804. The van der Waals surface area contributed by atoms with Gasteiger partial charge in [-0.05, 0) is 6.42 Å². The zero-order valence-corrected chi connectivity index (χ0v) is 13.0. The first-order valence-electron chi connectivity index (χ1n) is 7.75. The van der Waals surface area contributed by atoms with Crippen molar-refractivity contribution in [2.45, 2.75) is 26.1 Å². The van der Waals surface area contributed by atoms with E-state index in [2.05, 4.69) is 19.7 Å². The molecule has 8 heteroatoms. The number of amides is 1. The highest BCUT2D eigenvalue weighted by Gasteiger charge is 2.23. The Bertz CT molecular complexity index is 513. The average molecular weight is 309 g/mol. The van der Waals surface area contributed by atoms with Crippen LogP contribution in [-0.2, 0) is 33.9 Å². The number of aromatic nitrogens is 3. The normalized spacial score (nSPS) is 19.8. The number of fused-ring (bicyclic) bond motifs is 1. The van der Waals surface area contributed by atoms with Crippen LogP contribution >= 0.6 is 0 Å². The number of carbonyl (C=O) groups excluding carboxylic acids is 1. The van der Waals surface area contributed by atoms with Gasteiger partial charge in [0, 0.05) is 33.3 Å². The molecule has 1 saturated heterocycles. The predicted octanol–water partition coefficient (Wildman–Crippen LogP) is -0.511. The molecule has 0 N–H and O–H groups in total. The second kappa shape index (κ2) is 7.17. The van der Waals surface area contributed by atoms with Gasteiger partial charge in [0.05, 0.1) is 26.3 Å². The van der Waals surface area contributed by atoms with Gasteiger partial charge in [-0.3, -0.25) is 9.69 Å². The number of ether oxygens (including phenoxy) is 2. The van der Waals surface area contributed by atoms with Crippen molar-refractivity contribution in [3.8, 4) is 0 Å². The number of hydrogen-bond donors (Lipinski definition) is 0. The third-order valence-corrected chi connectivity index (χ3v) is 4.14. The SMILES string of the molecule is COCC(=O)N1CCCn2c(CN3CCOCC3)nnc2C1. The number of nitrogens with zero attached hydrogens (tertiary/aromatic N) is 5. The number of hydrogen-bond acceptors (Lipinski definition) is 6. The molecule has 3 rings (SSSR count). The van der Waals surface area contributed by atoms with Gasteiger partial charge in [-0.2, -0.15) is 0 Å². The largest absolute Gasteiger partial charge is 0.379 e. The summed E-state index contributed by atoms with van der Waals surface area (Å²) in [5.41, 5.74) is 0. The van der Waals surface area contributed by atoms with E-state index in [1.807, 2.05) is 0 Å². The lowest BCUT2D eigenvalue weighted by molar-refractivity contribution is -0.135. The second-order valence-electron chi connectivity index (χ2n) is 5.67. The average Bonchev–Trinajstić information content (AvgIpc) is 2.78. The molecule has 1 aromatic heterocycles. The Kier molecular flexibility index (Phi) is 5.01. The van der Waals surface area contributed by atoms with Gasteiger partial charge in [0.1, 0.15) is 12.4 Å². The molecule has 0 unspecified atom stereocenters. The Balaban J connectivity index is 1.68. The van der Waals surface area contributed by atoms with Crippen molar-refractivity contribution >= 4 is 5.91 Å². The van der Waals surface area contributed by atoms with Crippen LogP contribution in [0.4, 0.5) is 0 Å². The zero-order chi connectivity index (χ0) is 15.4. The van der Waals surface area contributed by atoms with Gasteiger partial charge in [0.2, 0.25) is 5.91 Å². The van der Waals surface area contributed by atoms with E-state index < -0.39 is 0 Å². The number of morpholine rings is 1. The van der Waals surface area contributed by atoms with Crippen LogP contribution in [0.25, 0.3) is 0 Å². The maximum atomic E-state index is 12.0. The summed E-state index contributed by atoms with van der Waals surface area (Å²) in [6.07, 6.45) is 0.913. The molecule has 2 aliphatic rings. The quantitative estimate of drug-likeness (QED) is 0.746. The fourth-order valence-corrected chi connectivity index (χ4v) is 2.92. The predicted molar refractivity (Wildman–Crippen MR) is 78.0 cm³/mol. The summed E-state index contributed by atoms with van der Waals surface area (Å²) in [7, 11) is 1.54. The van der Waals surface area contributed by atoms with Crippen molar-refractivity contribution in [2.75, 3.05) is 46.6 Å². The van der Waals surface area contributed by atoms with Gasteiger partial charge in [-0.25, -0.2) is 0 Å². The molecular weight excluding hydrogens is 286 g/mol. The third-order valence-electron chi connectivity index (χ3n) is 4.14. The minimum Gasteiger partial charge on any atom is -0.379 e. The maximum Gasteiger partial charge on any atom is 0.248 e. The van der Waals surface area contributed by atoms with E-state index in [1.165, 1.54) is 0 Å². The van der Waals surface area contributed by atoms with Gasteiger partial charge in [0.15, 0.2) is 5.82 Å². The summed E-state index contributed by atoms with van der Waals surface area (Å²) in [5.74, 6) is 1.86. The Hall–Kier alpha value is -1.51. The molecule has 0 spiro atoms. The number of carbonyl (C=O) groups is 1. The molecular formula is C14H23N5O3. The number of rotatable bonds is 4. The molecule has 0 saturated carbocycles. The van der Waals surface area contributed by atoms with Crippen LogP contribution in [-0.4, -0.2) is 77.0 Å². The van der Waals surface area contributed by atoms with Crippen LogP contribution in [0.15, 0.2) is 0 Å². The van der Waals surface area contributed by atoms with E-state index in [4.69, 9.17) is 9.47 Å². The monoisotopic (exact) mass is 309 g/mol. The summed E-state index contributed by atoms with van der Waals surface area (Å²) in [6.45, 7) is 6.44. The molecule has 0 bridgehead atoms. The summed E-state index contributed by atoms with van der Waals surface area (Å²) in [4.78, 5) is 16.1. The van der Waals surface area contributed by atoms with E-state index in [0.29, 0.717) is 6.54 Å². The summed E-state index contributed by atoms with van der Waals surface area (Å²) >= 11 is 0. The van der Waals surface area contributed by atoms with Crippen molar-refractivity contribution in [3.05, 3.63) is 11.6 Å². The fraction of sp³-hybridized carbons (Fsp3) is 0.786. The lowest BCUT2D eigenvalue weighted by atomic mass is 10.3. The Labute approximate surface area is 130 Å². The van der Waals surface area contributed by atoms with Crippen molar-refractivity contribution in [2.24, 2.45) is 0 Å². The van der Waals surface area contributed by atoms with Crippen molar-refractivity contribution in [3.63, 3.8) is 0 Å². The third kappa shape index (κ3) is 3.45. The highest BCUT2D eigenvalue weighted by molar-refractivity contribution is 5.77. The molecule has 0 radical (unpaired) electrons. The topological polar surface area (TPSA) is 72.7 Å². The lowest BCUT2D eigenvalue weighted by Crippen LogP contribution is -2.36. The summed E-state index contributed by atoms with van der Waals surface area (Å²) in [5, 5.41) is 8.63. The van der Waals surface area contributed by atoms with Crippen molar-refractivity contribution < 1.29 is 14.3 Å². The van der Waals surface area contributed by atoms with E-state index in [0.717, 1.165) is 64.0 Å². The second-order valence-corrected chi connectivity index (χ2v) is 5.67. The first kappa shape index (κ1) is 15.4. The summed E-state index contributed by atoms with van der Waals surface area (Å²) in [6, 6.07) is 0. The van der Waals surface area contributed by atoms with Gasteiger partial charge in [-0.1, -0.05) is 0 Å². The molecule has 3 heterocycles.